The van der Waals surface area contributed by atoms with E-state index >= 15 is 0 Å². The van der Waals surface area contributed by atoms with Gasteiger partial charge in [0.05, 0.1) is 5.88 Å². The lowest BCUT2D eigenvalue weighted by molar-refractivity contribution is -0.149. The molecule has 2 fully saturated rings. The summed E-state index contributed by atoms with van der Waals surface area (Å²) in [5.41, 5.74) is 0. The van der Waals surface area contributed by atoms with Crippen molar-refractivity contribution < 1.29 is 19.5 Å². The average Bonchev–Trinajstić information content (AvgIpc) is 3.16. The Morgan fingerprint density at radius 1 is 1.27 bits per heavy atom. The van der Waals surface area contributed by atoms with Crippen molar-refractivity contribution in [2.45, 2.75) is 45.1 Å². The number of carboxylic acids is 1. The summed E-state index contributed by atoms with van der Waals surface area (Å²) in [5, 5.41) is 8.97. The molecule has 1 saturated heterocycles. The summed E-state index contributed by atoms with van der Waals surface area (Å²) in [6.07, 6.45) is 4.69. The fourth-order valence-electron chi connectivity index (χ4n) is 3.18. The second-order valence-corrected chi connectivity index (χ2v) is 6.96. The van der Waals surface area contributed by atoms with Gasteiger partial charge in [0.1, 0.15) is 12.6 Å². The van der Waals surface area contributed by atoms with Crippen molar-refractivity contribution in [2.24, 2.45) is 5.92 Å². The zero-order valence-corrected chi connectivity index (χ0v) is 13.8. The number of carbonyl (C=O) groups is 3. The molecule has 1 atom stereocenters. The van der Waals surface area contributed by atoms with E-state index in [-0.39, 0.29) is 24.3 Å². The van der Waals surface area contributed by atoms with E-state index in [0.717, 1.165) is 25.7 Å². The molecule has 1 heterocycles. The number of carboxylic acid groups (broad SMARTS) is 1. The van der Waals surface area contributed by atoms with Crippen LogP contribution in [0, 0.1) is 5.92 Å². The van der Waals surface area contributed by atoms with Crippen molar-refractivity contribution in [3.63, 3.8) is 0 Å². The highest BCUT2D eigenvalue weighted by Crippen LogP contribution is 2.31. The Hall–Kier alpha value is -1.24. The molecule has 0 aromatic heterocycles. The molecule has 0 aromatic rings. The third-order valence-corrected chi connectivity index (χ3v) is 5.30. The fourth-order valence-corrected chi connectivity index (χ4v) is 4.34. The maximum absolute atomic E-state index is 12.7. The van der Waals surface area contributed by atoms with Crippen LogP contribution in [0.5, 0.6) is 0 Å². The standard InChI is InChI=1S/C15H24N2O4S/c1-2-7-16(8-13(18)19)15(21)12-9-22-10-17(12)14(20)11-5-3-4-6-11/h11-12H,2-10H2,1H3,(H,18,19). The van der Waals surface area contributed by atoms with E-state index in [4.69, 9.17) is 5.11 Å². The Morgan fingerprint density at radius 3 is 2.55 bits per heavy atom. The van der Waals surface area contributed by atoms with Crippen LogP contribution in [0.25, 0.3) is 0 Å². The molecular formula is C15H24N2O4S. The molecular weight excluding hydrogens is 304 g/mol. The normalized spacial score (nSPS) is 22.0. The average molecular weight is 328 g/mol. The van der Waals surface area contributed by atoms with Crippen LogP contribution < -0.4 is 0 Å². The quantitative estimate of drug-likeness (QED) is 0.797. The number of carbonyl (C=O) groups excluding carboxylic acids is 2. The molecule has 2 rings (SSSR count). The van der Waals surface area contributed by atoms with E-state index in [2.05, 4.69) is 0 Å². The van der Waals surface area contributed by atoms with Gasteiger partial charge >= 0.3 is 5.97 Å². The van der Waals surface area contributed by atoms with Crippen molar-refractivity contribution in [1.29, 1.82) is 0 Å². The zero-order valence-electron chi connectivity index (χ0n) is 13.0. The highest BCUT2D eigenvalue weighted by molar-refractivity contribution is 7.99. The van der Waals surface area contributed by atoms with Crippen molar-refractivity contribution >= 4 is 29.5 Å². The van der Waals surface area contributed by atoms with Gasteiger partial charge in [0.15, 0.2) is 0 Å². The molecule has 7 heteroatoms. The van der Waals surface area contributed by atoms with Crippen LogP contribution in [0.15, 0.2) is 0 Å². The van der Waals surface area contributed by atoms with Crippen LogP contribution in [-0.4, -0.2) is 63.5 Å². The first kappa shape index (κ1) is 17.1. The molecule has 1 saturated carbocycles. The molecule has 2 aliphatic rings. The highest BCUT2D eigenvalue weighted by Gasteiger charge is 2.40. The van der Waals surface area contributed by atoms with Gasteiger partial charge in [0.25, 0.3) is 0 Å². The predicted octanol–water partition coefficient (Wildman–Crippen LogP) is 1.40. The number of thioether (sulfide) groups is 1. The molecule has 1 N–H and O–H groups in total. The molecule has 124 valence electrons. The Morgan fingerprint density at radius 2 is 1.95 bits per heavy atom. The molecule has 6 nitrogen and oxygen atoms in total. The highest BCUT2D eigenvalue weighted by atomic mass is 32.2. The van der Waals surface area contributed by atoms with Gasteiger partial charge in [-0.3, -0.25) is 14.4 Å². The summed E-state index contributed by atoms with van der Waals surface area (Å²) in [4.78, 5) is 39.2. The fraction of sp³-hybridized carbons (Fsp3) is 0.800. The first-order valence-corrected chi connectivity index (χ1v) is 9.08. The van der Waals surface area contributed by atoms with E-state index in [0.29, 0.717) is 24.6 Å². The Kier molecular flexibility index (Phi) is 6.11. The van der Waals surface area contributed by atoms with Crippen molar-refractivity contribution in [1.82, 2.24) is 9.80 Å². The van der Waals surface area contributed by atoms with Crippen LogP contribution in [0.2, 0.25) is 0 Å². The minimum atomic E-state index is -1.01. The van der Waals surface area contributed by atoms with E-state index in [1.807, 2.05) is 6.92 Å². The van der Waals surface area contributed by atoms with Gasteiger partial charge in [-0.2, -0.15) is 0 Å². The third-order valence-electron chi connectivity index (χ3n) is 4.29. The van der Waals surface area contributed by atoms with E-state index in [9.17, 15) is 14.4 Å². The number of rotatable bonds is 6. The molecule has 0 spiro atoms. The van der Waals surface area contributed by atoms with Crippen molar-refractivity contribution in [2.75, 3.05) is 24.7 Å². The van der Waals surface area contributed by atoms with Gasteiger partial charge in [-0.1, -0.05) is 19.8 Å². The number of aliphatic carboxylic acids is 1. The summed E-state index contributed by atoms with van der Waals surface area (Å²) in [6.45, 7) is 2.03. The third kappa shape index (κ3) is 3.94. The molecule has 2 amide bonds. The summed E-state index contributed by atoms with van der Waals surface area (Å²) in [6, 6.07) is -0.496. The minimum Gasteiger partial charge on any atom is -0.480 e. The number of hydrogen-bond acceptors (Lipinski definition) is 4. The monoisotopic (exact) mass is 328 g/mol. The molecule has 0 radical (unpaired) electrons. The van der Waals surface area contributed by atoms with Gasteiger partial charge in [0.2, 0.25) is 11.8 Å². The lowest BCUT2D eigenvalue weighted by atomic mass is 10.1. The lowest BCUT2D eigenvalue weighted by Gasteiger charge is -2.30. The number of amides is 2. The molecule has 22 heavy (non-hydrogen) atoms. The molecule has 1 aliphatic carbocycles. The van der Waals surface area contributed by atoms with Crippen LogP contribution in [-0.2, 0) is 14.4 Å². The van der Waals surface area contributed by atoms with Crippen LogP contribution >= 0.6 is 11.8 Å². The maximum Gasteiger partial charge on any atom is 0.323 e. The first-order valence-electron chi connectivity index (χ1n) is 7.93. The molecule has 0 aromatic carbocycles. The predicted molar refractivity (Wildman–Crippen MR) is 84.4 cm³/mol. The molecule has 0 bridgehead atoms. The Bertz CT molecular complexity index is 437. The van der Waals surface area contributed by atoms with Crippen LogP contribution in [0.1, 0.15) is 39.0 Å². The lowest BCUT2D eigenvalue weighted by Crippen LogP contribution is -2.51. The molecule has 1 aliphatic heterocycles. The number of nitrogens with zero attached hydrogens (tertiary/aromatic N) is 2. The van der Waals surface area contributed by atoms with E-state index in [1.54, 1.807) is 16.7 Å². The van der Waals surface area contributed by atoms with E-state index < -0.39 is 12.0 Å². The SMILES string of the molecule is CCCN(CC(=O)O)C(=O)C1CSCN1C(=O)C1CCCC1. The van der Waals surface area contributed by atoms with Crippen LogP contribution in [0.4, 0.5) is 0 Å². The first-order chi connectivity index (χ1) is 10.5. The second-order valence-electron chi connectivity index (χ2n) is 5.96. The smallest absolute Gasteiger partial charge is 0.323 e. The topological polar surface area (TPSA) is 77.9 Å². The van der Waals surface area contributed by atoms with Gasteiger partial charge < -0.3 is 14.9 Å². The van der Waals surface area contributed by atoms with Gasteiger partial charge in [0, 0.05) is 18.2 Å². The Labute approximate surface area is 135 Å². The van der Waals surface area contributed by atoms with Crippen LogP contribution in [0.3, 0.4) is 0 Å². The largest absolute Gasteiger partial charge is 0.480 e. The van der Waals surface area contributed by atoms with Gasteiger partial charge in [-0.05, 0) is 19.3 Å². The Balaban J connectivity index is 2.05. The number of hydrogen-bond donors (Lipinski definition) is 1. The summed E-state index contributed by atoms with van der Waals surface area (Å²) >= 11 is 1.57. The summed E-state index contributed by atoms with van der Waals surface area (Å²) < 4.78 is 0. The second kappa shape index (κ2) is 7.85. The van der Waals surface area contributed by atoms with Crippen molar-refractivity contribution in [3.8, 4) is 0 Å². The molecule has 1 unspecified atom stereocenters. The summed E-state index contributed by atoms with van der Waals surface area (Å²) in [7, 11) is 0. The zero-order chi connectivity index (χ0) is 16.1. The van der Waals surface area contributed by atoms with Crippen molar-refractivity contribution in [3.05, 3.63) is 0 Å². The van der Waals surface area contributed by atoms with Gasteiger partial charge in [-0.15, -0.1) is 11.8 Å². The summed E-state index contributed by atoms with van der Waals surface area (Å²) in [5.74, 6) is -0.00181. The minimum absolute atomic E-state index is 0.0492. The van der Waals surface area contributed by atoms with Gasteiger partial charge in [-0.25, -0.2) is 0 Å². The van der Waals surface area contributed by atoms with E-state index in [1.165, 1.54) is 4.90 Å². The maximum atomic E-state index is 12.7.